The fourth-order valence-electron chi connectivity index (χ4n) is 2.43. The zero-order valence-corrected chi connectivity index (χ0v) is 12.2. The number of urea groups is 1. The van der Waals surface area contributed by atoms with Gasteiger partial charge in [0.05, 0.1) is 25.3 Å². The van der Waals surface area contributed by atoms with Gasteiger partial charge in [-0.15, -0.1) is 0 Å². The Balaban J connectivity index is 1.57. The van der Waals surface area contributed by atoms with Crippen LogP contribution >= 0.6 is 0 Å². The molecule has 1 aromatic heterocycles. The Morgan fingerprint density at radius 2 is 2.27 bits per heavy atom. The first-order chi connectivity index (χ1) is 10.6. The summed E-state index contributed by atoms with van der Waals surface area (Å²) < 4.78 is 5.15. The Labute approximate surface area is 127 Å². The maximum Gasteiger partial charge on any atom is 0.315 e. The summed E-state index contributed by atoms with van der Waals surface area (Å²) in [6.45, 7) is 2.24. The Morgan fingerprint density at radius 3 is 3.05 bits per heavy atom. The van der Waals surface area contributed by atoms with Crippen molar-refractivity contribution in [1.82, 2.24) is 10.6 Å². The SMILES string of the molecule is C[C@@H](NC(=O)NCc1ccco1)c1ccc2c(c1)CC(=O)N2. The number of furan rings is 1. The number of carbonyl (C=O) groups excluding carboxylic acids is 2. The molecule has 6 heteroatoms. The molecule has 0 unspecified atom stereocenters. The zero-order valence-electron chi connectivity index (χ0n) is 12.2. The van der Waals surface area contributed by atoms with Crippen molar-refractivity contribution < 1.29 is 14.0 Å². The van der Waals surface area contributed by atoms with Crippen LogP contribution in [0.5, 0.6) is 0 Å². The third kappa shape index (κ3) is 3.11. The lowest BCUT2D eigenvalue weighted by molar-refractivity contribution is -0.115. The Hall–Kier alpha value is -2.76. The molecule has 3 rings (SSSR count). The van der Waals surface area contributed by atoms with Crippen molar-refractivity contribution >= 4 is 17.6 Å². The molecule has 0 saturated carbocycles. The summed E-state index contributed by atoms with van der Waals surface area (Å²) >= 11 is 0. The molecular formula is C16H17N3O3. The van der Waals surface area contributed by atoms with Gasteiger partial charge >= 0.3 is 6.03 Å². The number of hydrogen-bond acceptors (Lipinski definition) is 3. The summed E-state index contributed by atoms with van der Waals surface area (Å²) in [6.07, 6.45) is 1.96. The van der Waals surface area contributed by atoms with Crippen LogP contribution in [0.15, 0.2) is 41.0 Å². The molecule has 0 saturated heterocycles. The summed E-state index contributed by atoms with van der Waals surface area (Å²) in [5.41, 5.74) is 2.78. The van der Waals surface area contributed by atoms with Crippen molar-refractivity contribution in [2.24, 2.45) is 0 Å². The number of benzene rings is 1. The van der Waals surface area contributed by atoms with Gasteiger partial charge in [0.1, 0.15) is 5.76 Å². The number of amides is 3. The van der Waals surface area contributed by atoms with Crippen molar-refractivity contribution in [2.75, 3.05) is 5.32 Å². The molecule has 2 aromatic rings. The van der Waals surface area contributed by atoms with E-state index in [0.717, 1.165) is 16.8 Å². The molecule has 2 heterocycles. The largest absolute Gasteiger partial charge is 0.467 e. The highest BCUT2D eigenvalue weighted by atomic mass is 16.3. The van der Waals surface area contributed by atoms with Crippen LogP contribution in [0, 0.1) is 0 Å². The van der Waals surface area contributed by atoms with Crippen LogP contribution in [-0.2, 0) is 17.8 Å². The van der Waals surface area contributed by atoms with Gasteiger partial charge < -0.3 is 20.4 Å². The van der Waals surface area contributed by atoms with Crippen LogP contribution in [0.4, 0.5) is 10.5 Å². The highest BCUT2D eigenvalue weighted by Crippen LogP contribution is 2.26. The van der Waals surface area contributed by atoms with Crippen LogP contribution in [0.25, 0.3) is 0 Å². The predicted molar refractivity (Wildman–Crippen MR) is 81.3 cm³/mol. The molecule has 1 atom stereocenters. The van der Waals surface area contributed by atoms with E-state index < -0.39 is 0 Å². The molecular weight excluding hydrogens is 282 g/mol. The quantitative estimate of drug-likeness (QED) is 0.810. The number of fused-ring (bicyclic) bond motifs is 1. The predicted octanol–water partition coefficient (Wildman–Crippen LogP) is 2.33. The second kappa shape index (κ2) is 5.93. The molecule has 1 aliphatic rings. The first-order valence-corrected chi connectivity index (χ1v) is 7.11. The van der Waals surface area contributed by atoms with E-state index in [2.05, 4.69) is 16.0 Å². The normalized spacial score (nSPS) is 14.1. The lowest BCUT2D eigenvalue weighted by Crippen LogP contribution is -2.36. The molecule has 22 heavy (non-hydrogen) atoms. The topological polar surface area (TPSA) is 83.4 Å². The molecule has 1 aromatic carbocycles. The molecule has 0 aliphatic carbocycles. The Bertz CT molecular complexity index is 695. The first-order valence-electron chi connectivity index (χ1n) is 7.11. The van der Waals surface area contributed by atoms with E-state index in [1.54, 1.807) is 18.4 Å². The number of anilines is 1. The highest BCUT2D eigenvalue weighted by Gasteiger charge is 2.19. The summed E-state index contributed by atoms with van der Waals surface area (Å²) in [4.78, 5) is 23.2. The fraction of sp³-hybridized carbons (Fsp3) is 0.250. The standard InChI is InChI=1S/C16H17N3O3/c1-10(18-16(21)17-9-13-3-2-6-22-13)11-4-5-14-12(7-11)8-15(20)19-14/h2-7,10H,8-9H2,1H3,(H,19,20)(H2,17,18,21)/t10-/m1/s1. The average molecular weight is 299 g/mol. The summed E-state index contributed by atoms with van der Waals surface area (Å²) in [7, 11) is 0. The fourth-order valence-corrected chi connectivity index (χ4v) is 2.43. The third-order valence-corrected chi connectivity index (χ3v) is 3.61. The van der Waals surface area contributed by atoms with Crippen molar-refractivity contribution in [3.8, 4) is 0 Å². The smallest absolute Gasteiger partial charge is 0.315 e. The summed E-state index contributed by atoms with van der Waals surface area (Å²) in [6, 6.07) is 8.88. The Kier molecular flexibility index (Phi) is 3.82. The van der Waals surface area contributed by atoms with Gasteiger partial charge in [0.25, 0.3) is 0 Å². The lowest BCUT2D eigenvalue weighted by atomic mass is 10.0. The molecule has 0 spiro atoms. The second-order valence-electron chi connectivity index (χ2n) is 5.27. The molecule has 0 fully saturated rings. The first kappa shape index (κ1) is 14.2. The van der Waals surface area contributed by atoms with Gasteiger partial charge in [0.15, 0.2) is 0 Å². The molecule has 3 amide bonds. The van der Waals surface area contributed by atoms with Gasteiger partial charge in [-0.25, -0.2) is 4.79 Å². The molecule has 0 radical (unpaired) electrons. The van der Waals surface area contributed by atoms with E-state index in [1.165, 1.54) is 0 Å². The molecule has 3 N–H and O–H groups in total. The lowest BCUT2D eigenvalue weighted by Gasteiger charge is -2.15. The van der Waals surface area contributed by atoms with Crippen LogP contribution in [0.3, 0.4) is 0 Å². The van der Waals surface area contributed by atoms with E-state index in [1.807, 2.05) is 25.1 Å². The average Bonchev–Trinajstić information content (AvgIpc) is 3.12. The highest BCUT2D eigenvalue weighted by molar-refractivity contribution is 5.99. The molecule has 1 aliphatic heterocycles. The van der Waals surface area contributed by atoms with Gasteiger partial charge in [-0.3, -0.25) is 4.79 Å². The maximum atomic E-state index is 11.9. The number of hydrogen-bond donors (Lipinski definition) is 3. The van der Waals surface area contributed by atoms with Gasteiger partial charge in [-0.1, -0.05) is 12.1 Å². The number of carbonyl (C=O) groups is 2. The van der Waals surface area contributed by atoms with Gasteiger partial charge in [0.2, 0.25) is 5.91 Å². The van der Waals surface area contributed by atoms with Gasteiger partial charge in [-0.2, -0.15) is 0 Å². The van der Waals surface area contributed by atoms with Crippen LogP contribution in [0.1, 0.15) is 29.9 Å². The third-order valence-electron chi connectivity index (χ3n) is 3.61. The van der Waals surface area contributed by atoms with Crippen molar-refractivity contribution in [1.29, 1.82) is 0 Å². The van der Waals surface area contributed by atoms with E-state index in [-0.39, 0.29) is 18.0 Å². The number of nitrogens with one attached hydrogen (secondary N) is 3. The molecule has 114 valence electrons. The van der Waals surface area contributed by atoms with Gasteiger partial charge in [0, 0.05) is 5.69 Å². The summed E-state index contributed by atoms with van der Waals surface area (Å²) in [5.74, 6) is 0.703. The van der Waals surface area contributed by atoms with Crippen LogP contribution < -0.4 is 16.0 Å². The molecule has 6 nitrogen and oxygen atoms in total. The summed E-state index contributed by atoms with van der Waals surface area (Å²) in [5, 5.41) is 8.39. The van der Waals surface area contributed by atoms with Crippen LogP contribution in [0.2, 0.25) is 0 Å². The van der Waals surface area contributed by atoms with Crippen molar-refractivity contribution in [2.45, 2.75) is 25.9 Å². The van der Waals surface area contributed by atoms with E-state index >= 15 is 0 Å². The van der Waals surface area contributed by atoms with Crippen molar-refractivity contribution in [3.63, 3.8) is 0 Å². The number of rotatable bonds is 4. The second-order valence-corrected chi connectivity index (χ2v) is 5.27. The van der Waals surface area contributed by atoms with E-state index in [4.69, 9.17) is 4.42 Å². The minimum atomic E-state index is -0.265. The van der Waals surface area contributed by atoms with Crippen molar-refractivity contribution in [3.05, 3.63) is 53.5 Å². The maximum absolute atomic E-state index is 11.9. The van der Waals surface area contributed by atoms with E-state index in [9.17, 15) is 9.59 Å². The van der Waals surface area contributed by atoms with E-state index in [0.29, 0.717) is 18.7 Å². The minimum absolute atomic E-state index is 0.00366. The van der Waals surface area contributed by atoms with Gasteiger partial charge in [-0.05, 0) is 36.2 Å². The minimum Gasteiger partial charge on any atom is -0.467 e. The Morgan fingerprint density at radius 1 is 1.41 bits per heavy atom. The molecule has 0 bridgehead atoms. The monoisotopic (exact) mass is 299 g/mol. The van der Waals surface area contributed by atoms with Crippen LogP contribution in [-0.4, -0.2) is 11.9 Å². The zero-order chi connectivity index (χ0) is 15.5.